The lowest BCUT2D eigenvalue weighted by Gasteiger charge is -2.32. The number of carbonyl (C=O) groups excluding carboxylic acids is 1. The van der Waals surface area contributed by atoms with Gasteiger partial charge < -0.3 is 39.0 Å². The van der Waals surface area contributed by atoms with Crippen molar-refractivity contribution < 1.29 is 23.7 Å². The lowest BCUT2D eigenvalue weighted by molar-refractivity contribution is -0.140. The van der Waals surface area contributed by atoms with E-state index in [0.717, 1.165) is 24.2 Å². The zero-order chi connectivity index (χ0) is 27.1. The third-order valence-corrected chi connectivity index (χ3v) is 7.12. The molecule has 1 aromatic carbocycles. The van der Waals surface area contributed by atoms with E-state index in [-0.39, 0.29) is 50.3 Å². The summed E-state index contributed by atoms with van der Waals surface area (Å²) >= 11 is 0. The van der Waals surface area contributed by atoms with Gasteiger partial charge in [0.2, 0.25) is 0 Å². The Bertz CT molecular complexity index is 1110. The first-order valence-electron chi connectivity index (χ1n) is 12.6. The Morgan fingerprint density at radius 1 is 1.03 bits per heavy atom. The summed E-state index contributed by atoms with van der Waals surface area (Å²) in [5, 5.41) is 0. The van der Waals surface area contributed by atoms with Crippen molar-refractivity contribution in [3.8, 4) is 0 Å². The Labute approximate surface area is 218 Å². The van der Waals surface area contributed by atoms with Crippen LogP contribution in [0, 0.1) is 19.8 Å². The van der Waals surface area contributed by atoms with Crippen molar-refractivity contribution in [1.29, 1.82) is 0 Å². The van der Waals surface area contributed by atoms with E-state index in [9.17, 15) is 9.59 Å². The average Bonchev–Trinajstić information content (AvgIpc) is 2.89. The Morgan fingerprint density at radius 2 is 1.62 bits per heavy atom. The quantitative estimate of drug-likeness (QED) is 0.409. The molecule has 11 nitrogen and oxygen atoms in total. The van der Waals surface area contributed by atoms with Crippen LogP contribution in [0.15, 0.2) is 16.9 Å². The summed E-state index contributed by atoms with van der Waals surface area (Å²) in [6.07, 6.45) is -0.872. The summed E-state index contributed by atoms with van der Waals surface area (Å²) < 4.78 is 23.6. The molecule has 0 radical (unpaired) electrons. The number of piperazine rings is 1. The molecular formula is C26H41N5O6. The van der Waals surface area contributed by atoms with E-state index in [4.69, 9.17) is 24.7 Å². The van der Waals surface area contributed by atoms with Crippen molar-refractivity contribution in [2.75, 3.05) is 67.6 Å². The topological polar surface area (TPSA) is 121 Å². The lowest BCUT2D eigenvalue weighted by atomic mass is 9.97. The molecule has 0 unspecified atom stereocenters. The number of benzene rings is 1. The number of methoxy groups -OCH3 is 2. The number of amides is 1. The van der Waals surface area contributed by atoms with Gasteiger partial charge in [0, 0.05) is 52.9 Å². The van der Waals surface area contributed by atoms with Gasteiger partial charge in [-0.1, -0.05) is 6.92 Å². The van der Waals surface area contributed by atoms with Crippen molar-refractivity contribution in [3.63, 3.8) is 0 Å². The standard InChI is InChI=1S/C26H41N5O6/c1-17-11-20-21(12-18(17)2)31(14-23(37-16-35-6)19(3)22(13-27)36-15-34-5)26(33)24(28-20)25(32)30-9-7-29(4)8-10-30/h11-12,19,22-23H,7-10,13-16,27H2,1-6H3/t19-,22-,23+/m1/s1. The predicted octanol–water partition coefficient (Wildman–Crippen LogP) is 0.974. The predicted molar refractivity (Wildman–Crippen MR) is 141 cm³/mol. The zero-order valence-corrected chi connectivity index (χ0v) is 22.9. The highest BCUT2D eigenvalue weighted by Crippen LogP contribution is 2.22. The summed E-state index contributed by atoms with van der Waals surface area (Å²) in [5.74, 6) is -0.564. The third-order valence-electron chi connectivity index (χ3n) is 7.12. The number of likely N-dealkylation sites (N-methyl/N-ethyl adjacent to an activating group) is 1. The van der Waals surface area contributed by atoms with E-state index in [1.807, 2.05) is 40.0 Å². The maximum atomic E-state index is 13.9. The summed E-state index contributed by atoms with van der Waals surface area (Å²) in [6, 6.07) is 3.85. The highest BCUT2D eigenvalue weighted by atomic mass is 16.7. The summed E-state index contributed by atoms with van der Waals surface area (Å²) in [7, 11) is 5.10. The number of rotatable bonds is 12. The number of fused-ring (bicyclic) bond motifs is 1. The fourth-order valence-electron chi connectivity index (χ4n) is 4.51. The highest BCUT2D eigenvalue weighted by molar-refractivity contribution is 5.94. The fraction of sp³-hybridized carbons (Fsp3) is 0.654. The number of hydrogen-bond donors (Lipinski definition) is 1. The fourth-order valence-corrected chi connectivity index (χ4v) is 4.51. The number of ether oxygens (including phenoxy) is 4. The second-order valence-corrected chi connectivity index (χ2v) is 9.71. The zero-order valence-electron chi connectivity index (χ0n) is 22.9. The molecule has 37 heavy (non-hydrogen) atoms. The largest absolute Gasteiger partial charge is 0.359 e. The molecule has 0 bridgehead atoms. The van der Waals surface area contributed by atoms with Crippen LogP contribution in [0.3, 0.4) is 0 Å². The van der Waals surface area contributed by atoms with Crippen LogP contribution in [0.4, 0.5) is 0 Å². The summed E-state index contributed by atoms with van der Waals surface area (Å²) in [4.78, 5) is 35.7. The molecule has 11 heteroatoms. The van der Waals surface area contributed by atoms with Crippen LogP contribution in [0.25, 0.3) is 11.0 Å². The van der Waals surface area contributed by atoms with Crippen LogP contribution < -0.4 is 11.3 Å². The monoisotopic (exact) mass is 519 g/mol. The molecule has 2 heterocycles. The molecule has 0 saturated carbocycles. The normalized spacial score (nSPS) is 17.2. The van der Waals surface area contributed by atoms with Crippen LogP contribution >= 0.6 is 0 Å². The number of carbonyl (C=O) groups is 1. The Hall–Kier alpha value is -2.41. The molecule has 0 spiro atoms. The third kappa shape index (κ3) is 6.92. The molecule has 3 rings (SSSR count). The lowest BCUT2D eigenvalue weighted by Crippen LogP contribution is -2.49. The Morgan fingerprint density at radius 3 is 2.22 bits per heavy atom. The maximum Gasteiger partial charge on any atom is 0.282 e. The van der Waals surface area contributed by atoms with Crippen molar-refractivity contribution in [2.45, 2.75) is 39.5 Å². The van der Waals surface area contributed by atoms with E-state index in [0.29, 0.717) is 24.1 Å². The molecule has 1 saturated heterocycles. The maximum absolute atomic E-state index is 13.9. The van der Waals surface area contributed by atoms with Gasteiger partial charge >= 0.3 is 0 Å². The molecule has 206 valence electrons. The van der Waals surface area contributed by atoms with Gasteiger partial charge in [0.05, 0.1) is 29.8 Å². The minimum Gasteiger partial charge on any atom is -0.359 e. The van der Waals surface area contributed by atoms with Crippen LogP contribution in [0.1, 0.15) is 28.5 Å². The van der Waals surface area contributed by atoms with Crippen molar-refractivity contribution >= 4 is 16.9 Å². The molecule has 1 aliphatic heterocycles. The number of nitrogens with zero attached hydrogens (tertiary/aromatic N) is 4. The van der Waals surface area contributed by atoms with Gasteiger partial charge in [-0.3, -0.25) is 9.59 Å². The number of hydrogen-bond acceptors (Lipinski definition) is 9. The van der Waals surface area contributed by atoms with Crippen LogP contribution in [0.2, 0.25) is 0 Å². The molecule has 0 aliphatic carbocycles. The SMILES string of the molecule is COCO[C@@H](Cn1c(=O)c(C(=O)N2CCN(C)CC2)nc2cc(C)c(C)cc21)[C@H](C)[C@@H](CN)OCOC. The summed E-state index contributed by atoms with van der Waals surface area (Å²) in [5.41, 5.74) is 8.74. The summed E-state index contributed by atoms with van der Waals surface area (Å²) in [6.45, 7) is 9.04. The van der Waals surface area contributed by atoms with Gasteiger partial charge in [-0.2, -0.15) is 0 Å². The van der Waals surface area contributed by atoms with Gasteiger partial charge in [-0.05, 0) is 44.2 Å². The van der Waals surface area contributed by atoms with Crippen LogP contribution in [0.5, 0.6) is 0 Å². The second kappa shape index (κ2) is 13.4. The van der Waals surface area contributed by atoms with E-state index in [2.05, 4.69) is 9.88 Å². The van der Waals surface area contributed by atoms with Crippen LogP contribution in [-0.2, 0) is 25.5 Å². The van der Waals surface area contributed by atoms with E-state index < -0.39 is 11.7 Å². The molecular weight excluding hydrogens is 478 g/mol. The first kappa shape index (κ1) is 29.2. The van der Waals surface area contributed by atoms with Crippen molar-refractivity contribution in [2.24, 2.45) is 11.7 Å². The highest BCUT2D eigenvalue weighted by Gasteiger charge is 2.30. The van der Waals surface area contributed by atoms with Crippen molar-refractivity contribution in [3.05, 3.63) is 39.3 Å². The Balaban J connectivity index is 2.07. The molecule has 1 aliphatic rings. The Kier molecular flexibility index (Phi) is 10.6. The van der Waals surface area contributed by atoms with Gasteiger partial charge in [-0.15, -0.1) is 0 Å². The number of nitrogens with two attached hydrogens (primary N) is 1. The first-order chi connectivity index (χ1) is 17.7. The van der Waals surface area contributed by atoms with E-state index >= 15 is 0 Å². The molecule has 2 N–H and O–H groups in total. The van der Waals surface area contributed by atoms with Crippen molar-refractivity contribution in [1.82, 2.24) is 19.4 Å². The molecule has 1 fully saturated rings. The van der Waals surface area contributed by atoms with E-state index in [1.54, 1.807) is 16.6 Å². The first-order valence-corrected chi connectivity index (χ1v) is 12.6. The molecule has 1 aromatic heterocycles. The van der Waals surface area contributed by atoms with Gasteiger partial charge in [0.25, 0.3) is 11.5 Å². The van der Waals surface area contributed by atoms with Crippen LogP contribution in [-0.4, -0.2) is 105 Å². The van der Waals surface area contributed by atoms with Gasteiger partial charge in [0.15, 0.2) is 5.69 Å². The van der Waals surface area contributed by atoms with Gasteiger partial charge in [0.1, 0.15) is 13.6 Å². The smallest absolute Gasteiger partial charge is 0.282 e. The average molecular weight is 520 g/mol. The second-order valence-electron chi connectivity index (χ2n) is 9.71. The number of aromatic nitrogens is 2. The molecule has 1 amide bonds. The molecule has 3 atom stereocenters. The number of aryl methyl sites for hydroxylation is 2. The molecule has 2 aromatic rings. The minimum atomic E-state index is -0.498. The van der Waals surface area contributed by atoms with Gasteiger partial charge in [-0.25, -0.2) is 4.98 Å². The minimum absolute atomic E-state index is 0.0273. The van der Waals surface area contributed by atoms with E-state index in [1.165, 1.54) is 7.11 Å².